The Labute approximate surface area is 316 Å². The maximum Gasteiger partial charge on any atom is 0.284 e. The number of aldehydes is 1. The molecule has 0 aromatic heterocycles. The number of alkyl halides is 1. The lowest BCUT2D eigenvalue weighted by atomic mass is 9.89. The van der Waals surface area contributed by atoms with E-state index in [4.69, 9.17) is 15.7 Å². The highest BCUT2D eigenvalue weighted by Crippen LogP contribution is 2.50. The summed E-state index contributed by atoms with van der Waals surface area (Å²) < 4.78 is 17.1. The van der Waals surface area contributed by atoms with Crippen LogP contribution in [-0.2, 0) is 21.5 Å². The molecule has 0 aliphatic heterocycles. The molecule has 1 atom stereocenters. The molecule has 1 unspecified atom stereocenters. The molecule has 2 saturated carbocycles. The molecule has 53 heavy (non-hydrogen) atoms. The number of carbonyl (C=O) groups excluding carboxylic acids is 3. The van der Waals surface area contributed by atoms with Crippen molar-refractivity contribution in [2.24, 2.45) is 10.7 Å². The number of rotatable bonds is 13. The largest absolute Gasteiger partial charge is 0.497 e. The first-order valence-electron chi connectivity index (χ1n) is 18.6. The summed E-state index contributed by atoms with van der Waals surface area (Å²) >= 11 is 0. The highest BCUT2D eigenvalue weighted by molar-refractivity contribution is 6.23. The molecular formula is C43H60FN5O4. The van der Waals surface area contributed by atoms with Gasteiger partial charge >= 0.3 is 0 Å². The molecule has 3 aromatic carbocycles. The second-order valence-electron chi connectivity index (χ2n) is 12.8. The Balaban J connectivity index is 0.000000401. The number of carbonyl (C=O) groups is 3. The van der Waals surface area contributed by atoms with Gasteiger partial charge in [0.15, 0.2) is 5.78 Å². The van der Waals surface area contributed by atoms with Gasteiger partial charge in [0, 0.05) is 30.1 Å². The van der Waals surface area contributed by atoms with Crippen LogP contribution in [0.25, 0.3) is 16.3 Å². The van der Waals surface area contributed by atoms with Crippen LogP contribution in [-0.4, -0.2) is 57.1 Å². The van der Waals surface area contributed by atoms with Gasteiger partial charge in [-0.15, -0.1) is 0 Å². The molecular weight excluding hydrogens is 670 g/mol. The highest BCUT2D eigenvalue weighted by Gasteiger charge is 2.40. The average Bonchev–Trinajstić information content (AvgIpc) is 4.14. The van der Waals surface area contributed by atoms with Crippen molar-refractivity contribution in [2.75, 3.05) is 20.7 Å². The van der Waals surface area contributed by atoms with E-state index >= 15 is 0 Å². The Morgan fingerprint density at radius 3 is 2.28 bits per heavy atom. The maximum absolute atomic E-state index is 12.1. The lowest BCUT2D eigenvalue weighted by Gasteiger charge is -2.15. The van der Waals surface area contributed by atoms with E-state index in [1.165, 1.54) is 61.6 Å². The van der Waals surface area contributed by atoms with E-state index in [1.807, 2.05) is 40.0 Å². The van der Waals surface area contributed by atoms with Gasteiger partial charge in [-0.1, -0.05) is 71.4 Å². The Hall–Kier alpha value is -4.88. The van der Waals surface area contributed by atoms with Crippen molar-refractivity contribution in [3.05, 3.63) is 83.1 Å². The van der Waals surface area contributed by atoms with Crippen LogP contribution in [0.3, 0.4) is 0 Å². The summed E-state index contributed by atoms with van der Waals surface area (Å²) in [5.41, 5.74) is 11.0. The van der Waals surface area contributed by atoms with Gasteiger partial charge in [0.2, 0.25) is 6.29 Å². The van der Waals surface area contributed by atoms with Crippen molar-refractivity contribution < 1.29 is 23.5 Å². The van der Waals surface area contributed by atoms with E-state index in [1.54, 1.807) is 31.4 Å². The number of hydrogen-bond acceptors (Lipinski definition) is 8. The van der Waals surface area contributed by atoms with Gasteiger partial charge in [0.25, 0.3) is 5.91 Å². The standard InChI is InChI=1S/C20H22N2.C12H13NO4.C6H13F.C3H6N2.C2H6/c1-20(8-9-20)19-11-15(10-14-4-2-3-5-18(14)19)16(12-21)13-22-17-6-7-17;1-8(15)11-5-10(17-2)4-3-9(11)6-13-12(16)7-14;1-3-5-6(7)4-2;1-5-3-2-4;1-2/h2-5,10-13,17H,6-9,21H2,1H3;3-5,7H,6H2,1-2H3,(H,13,16);6H,3-5H2,1-2H3;5H,3H2,1H3;1-2H3/b16-12+,22-13?;;;;. The normalized spacial score (nSPS) is 14.2. The minimum Gasteiger partial charge on any atom is -0.497 e. The number of nitriles is 1. The van der Waals surface area contributed by atoms with Crippen LogP contribution < -0.4 is 21.1 Å². The Morgan fingerprint density at radius 1 is 1.13 bits per heavy atom. The number of amides is 1. The molecule has 3 aromatic rings. The molecule has 4 N–H and O–H groups in total. The summed E-state index contributed by atoms with van der Waals surface area (Å²) in [5, 5.41) is 15.5. The highest BCUT2D eigenvalue weighted by atomic mass is 19.1. The Kier molecular flexibility index (Phi) is 21.9. The Morgan fingerprint density at radius 2 is 1.81 bits per heavy atom. The van der Waals surface area contributed by atoms with Gasteiger partial charge in [0.05, 0.1) is 31.9 Å². The van der Waals surface area contributed by atoms with Crippen LogP contribution in [0.2, 0.25) is 0 Å². The third-order valence-electron chi connectivity index (χ3n) is 8.55. The number of Topliss-reactive ketones (excluding diaryl/α,β-unsaturated/α-hetero) is 1. The quantitative estimate of drug-likeness (QED) is 0.0526. The number of fused-ring (bicyclic) bond motifs is 1. The van der Waals surface area contributed by atoms with Crippen LogP contribution in [0.5, 0.6) is 5.75 Å². The predicted molar refractivity (Wildman–Crippen MR) is 216 cm³/mol. The smallest absolute Gasteiger partial charge is 0.284 e. The molecule has 1 amide bonds. The number of nitrogens with one attached hydrogen (secondary N) is 2. The van der Waals surface area contributed by atoms with Crippen molar-refractivity contribution in [2.45, 2.75) is 111 Å². The summed E-state index contributed by atoms with van der Waals surface area (Å²) in [6.07, 6.45) is 10.7. The van der Waals surface area contributed by atoms with E-state index < -0.39 is 12.1 Å². The number of ketones is 1. The number of nitrogens with zero attached hydrogens (tertiary/aromatic N) is 2. The van der Waals surface area contributed by atoms with Gasteiger partial charge < -0.3 is 21.1 Å². The third-order valence-corrected chi connectivity index (χ3v) is 8.55. The van der Waals surface area contributed by atoms with Crippen LogP contribution in [0.4, 0.5) is 4.39 Å². The lowest BCUT2D eigenvalue weighted by Crippen LogP contribution is -2.24. The molecule has 0 saturated heterocycles. The lowest BCUT2D eigenvalue weighted by molar-refractivity contribution is -0.131. The van der Waals surface area contributed by atoms with Gasteiger partial charge in [-0.2, -0.15) is 5.26 Å². The molecule has 288 valence electrons. The number of hydrogen-bond donors (Lipinski definition) is 3. The van der Waals surface area contributed by atoms with Gasteiger partial charge in [-0.05, 0) is 110 Å². The number of ether oxygens (including phenoxy) is 1. The number of halogens is 1. The van der Waals surface area contributed by atoms with Crippen LogP contribution >= 0.6 is 0 Å². The van der Waals surface area contributed by atoms with Gasteiger partial charge in [-0.25, -0.2) is 4.39 Å². The van der Waals surface area contributed by atoms with E-state index in [9.17, 15) is 18.8 Å². The first kappa shape index (κ1) is 46.1. The van der Waals surface area contributed by atoms with Crippen molar-refractivity contribution >= 4 is 40.5 Å². The first-order valence-corrected chi connectivity index (χ1v) is 18.6. The summed E-state index contributed by atoms with van der Waals surface area (Å²) in [6, 6.07) is 20.6. The summed E-state index contributed by atoms with van der Waals surface area (Å²) in [5.74, 6) is -0.268. The maximum atomic E-state index is 12.1. The monoisotopic (exact) mass is 729 g/mol. The van der Waals surface area contributed by atoms with Crippen molar-refractivity contribution in [3.63, 3.8) is 0 Å². The minimum atomic E-state index is -0.713. The van der Waals surface area contributed by atoms with Crippen LogP contribution in [0.1, 0.15) is 114 Å². The summed E-state index contributed by atoms with van der Waals surface area (Å²) in [4.78, 5) is 37.0. The number of methoxy groups -OCH3 is 1. The number of benzene rings is 3. The zero-order valence-electron chi connectivity index (χ0n) is 32.9. The van der Waals surface area contributed by atoms with Crippen LogP contribution in [0, 0.1) is 11.3 Å². The SMILES string of the molecule is CC.CC1(c2cc(/C(C=NC3CC3)=C/N)cc3ccccc23)CC1.CCCC(F)CC.CNCC#N.COc1ccc(CNC(=O)C=O)c(C(C)=O)c1. The van der Waals surface area contributed by atoms with E-state index in [0.29, 0.717) is 41.3 Å². The van der Waals surface area contributed by atoms with E-state index in [-0.39, 0.29) is 18.6 Å². The molecule has 9 nitrogen and oxygen atoms in total. The van der Waals surface area contributed by atoms with E-state index in [2.05, 4.69) is 58.9 Å². The fourth-order valence-electron chi connectivity index (χ4n) is 5.04. The van der Waals surface area contributed by atoms with Gasteiger partial charge in [-0.3, -0.25) is 19.4 Å². The minimum absolute atomic E-state index is 0.126. The fourth-order valence-corrected chi connectivity index (χ4v) is 5.04. The molecule has 0 heterocycles. The fraction of sp³-hybridized carbons (Fsp3) is 0.465. The Bertz CT molecular complexity index is 1690. The molecule has 0 spiro atoms. The molecule has 2 aliphatic rings. The summed E-state index contributed by atoms with van der Waals surface area (Å²) in [7, 11) is 3.25. The zero-order valence-corrected chi connectivity index (χ0v) is 32.9. The molecule has 5 rings (SSSR count). The predicted octanol–water partition coefficient (Wildman–Crippen LogP) is 8.43. The number of aliphatic imine (C=N–C) groups is 1. The second-order valence-corrected chi connectivity index (χ2v) is 12.8. The van der Waals surface area contributed by atoms with Gasteiger partial charge in [0.1, 0.15) is 5.75 Å². The van der Waals surface area contributed by atoms with E-state index in [0.717, 1.165) is 18.4 Å². The molecule has 0 bridgehead atoms. The van der Waals surface area contributed by atoms with Crippen LogP contribution in [0.15, 0.2) is 65.8 Å². The summed E-state index contributed by atoms with van der Waals surface area (Å²) in [6.45, 7) is 12.3. The zero-order chi connectivity index (χ0) is 39.8. The van der Waals surface area contributed by atoms with Crippen molar-refractivity contribution in [1.82, 2.24) is 10.6 Å². The molecule has 2 aliphatic carbocycles. The average molecular weight is 730 g/mol. The second kappa shape index (κ2) is 25.2. The number of allylic oxidation sites excluding steroid dienone is 1. The molecule has 2 fully saturated rings. The molecule has 0 radical (unpaired) electrons. The van der Waals surface area contributed by atoms with Crippen molar-refractivity contribution in [3.8, 4) is 11.8 Å². The van der Waals surface area contributed by atoms with Crippen molar-refractivity contribution in [1.29, 1.82) is 5.26 Å². The topological polar surface area (TPSA) is 147 Å². The first-order chi connectivity index (χ1) is 25.5. The molecule has 10 heteroatoms. The number of nitrogens with two attached hydrogens (primary N) is 1. The third kappa shape index (κ3) is 16.6.